The first-order valence-electron chi connectivity index (χ1n) is 9.40. The van der Waals surface area contributed by atoms with Crippen LogP contribution in [0.15, 0.2) is 0 Å². The lowest BCUT2D eigenvalue weighted by molar-refractivity contribution is -0.191. The summed E-state index contributed by atoms with van der Waals surface area (Å²) < 4.78 is 11.4. The summed E-state index contributed by atoms with van der Waals surface area (Å²) in [6, 6.07) is 0. The van der Waals surface area contributed by atoms with Crippen LogP contribution in [0.25, 0.3) is 0 Å². The number of rotatable bonds is 2. The maximum atomic E-state index is 12.8. The molecule has 4 rings (SSSR count). The third kappa shape index (κ3) is 3.48. The van der Waals surface area contributed by atoms with Crippen LogP contribution in [-0.4, -0.2) is 23.1 Å². The molecule has 4 saturated carbocycles. The van der Waals surface area contributed by atoms with E-state index >= 15 is 0 Å². The van der Waals surface area contributed by atoms with Crippen molar-refractivity contribution in [1.29, 1.82) is 0 Å². The molecule has 0 heterocycles. The van der Waals surface area contributed by atoms with E-state index in [1.54, 1.807) is 0 Å². The predicted molar refractivity (Wildman–Crippen MR) is 91.1 cm³/mol. The Morgan fingerprint density at radius 2 is 1.12 bits per heavy atom. The second-order valence-corrected chi connectivity index (χ2v) is 10.1. The molecule has 0 aliphatic heterocycles. The third-order valence-electron chi connectivity index (χ3n) is 5.78. The maximum Gasteiger partial charge on any atom is 0.310 e. The zero-order chi connectivity index (χ0) is 17.9. The fourth-order valence-electron chi connectivity index (χ4n) is 5.39. The second kappa shape index (κ2) is 5.74. The van der Waals surface area contributed by atoms with Gasteiger partial charge in [-0.1, -0.05) is 0 Å². The first kappa shape index (κ1) is 17.8. The molecule has 4 nitrogen and oxygen atoms in total. The Morgan fingerprint density at radius 3 is 1.50 bits per heavy atom. The first-order chi connectivity index (χ1) is 10.9. The van der Waals surface area contributed by atoms with Crippen molar-refractivity contribution in [3.8, 4) is 0 Å². The van der Waals surface area contributed by atoms with Crippen molar-refractivity contribution in [3.63, 3.8) is 0 Å². The Kier molecular flexibility index (Phi) is 4.25. The van der Waals surface area contributed by atoms with Crippen LogP contribution in [0.1, 0.15) is 67.2 Å². The summed E-state index contributed by atoms with van der Waals surface area (Å²) >= 11 is 0. The van der Waals surface area contributed by atoms with Gasteiger partial charge in [0.05, 0.1) is 11.8 Å². The predicted octanol–water partition coefficient (Wildman–Crippen LogP) is 3.97. The SMILES string of the molecule is CC(C)(C)OC(=O)C1C2CC3CC(C2)C(C(=O)OC(C)(C)C)C1C3. The number of esters is 2. The van der Waals surface area contributed by atoms with Gasteiger partial charge in [-0.25, -0.2) is 0 Å². The van der Waals surface area contributed by atoms with Crippen LogP contribution in [0.4, 0.5) is 0 Å². The minimum absolute atomic E-state index is 0.103. The average Bonchev–Trinajstić information content (AvgIpc) is 2.32. The van der Waals surface area contributed by atoms with E-state index in [4.69, 9.17) is 9.47 Å². The van der Waals surface area contributed by atoms with Gasteiger partial charge >= 0.3 is 11.9 Å². The van der Waals surface area contributed by atoms with E-state index in [2.05, 4.69) is 0 Å². The van der Waals surface area contributed by atoms with E-state index in [1.165, 1.54) is 0 Å². The lowest BCUT2D eigenvalue weighted by Gasteiger charge is -2.56. The van der Waals surface area contributed by atoms with Crippen molar-refractivity contribution in [1.82, 2.24) is 0 Å². The summed E-state index contributed by atoms with van der Waals surface area (Å²) in [6.45, 7) is 11.5. The van der Waals surface area contributed by atoms with Crippen molar-refractivity contribution < 1.29 is 19.1 Å². The summed E-state index contributed by atoms with van der Waals surface area (Å²) in [6.07, 6.45) is 4.19. The zero-order valence-electron chi connectivity index (χ0n) is 15.9. The second-order valence-electron chi connectivity index (χ2n) is 10.1. The van der Waals surface area contributed by atoms with Gasteiger partial charge in [-0.15, -0.1) is 0 Å². The Labute approximate surface area is 145 Å². The molecule has 0 N–H and O–H groups in total. The molecular formula is C20H32O4. The smallest absolute Gasteiger partial charge is 0.310 e. The molecule has 4 atom stereocenters. The fourth-order valence-corrected chi connectivity index (χ4v) is 5.39. The van der Waals surface area contributed by atoms with E-state index < -0.39 is 11.2 Å². The lowest BCUT2D eigenvalue weighted by Crippen LogP contribution is -2.56. The van der Waals surface area contributed by atoms with Gasteiger partial charge in [-0.05, 0) is 90.9 Å². The Balaban J connectivity index is 1.82. The molecule has 4 fully saturated rings. The molecule has 0 saturated heterocycles. The van der Waals surface area contributed by atoms with Crippen LogP contribution >= 0.6 is 0 Å². The molecule has 0 aromatic carbocycles. The van der Waals surface area contributed by atoms with Crippen molar-refractivity contribution in [3.05, 3.63) is 0 Å². The van der Waals surface area contributed by atoms with Crippen LogP contribution in [-0.2, 0) is 19.1 Å². The number of carbonyl (C=O) groups excluding carboxylic acids is 2. The number of hydrogen-bond acceptors (Lipinski definition) is 4. The highest BCUT2D eigenvalue weighted by Crippen LogP contribution is 2.60. The number of hydrogen-bond donors (Lipinski definition) is 0. The van der Waals surface area contributed by atoms with Crippen LogP contribution in [0.5, 0.6) is 0 Å². The Bertz CT molecular complexity index is 481. The molecule has 0 radical (unpaired) electrons. The molecule has 24 heavy (non-hydrogen) atoms. The summed E-state index contributed by atoms with van der Waals surface area (Å²) in [5, 5.41) is 0. The van der Waals surface area contributed by atoms with Crippen molar-refractivity contribution in [2.75, 3.05) is 0 Å². The number of ether oxygens (including phenoxy) is 2. The summed E-state index contributed by atoms with van der Waals surface area (Å²) in [5.41, 5.74) is -0.958. The van der Waals surface area contributed by atoms with Gasteiger partial charge in [-0.3, -0.25) is 9.59 Å². The van der Waals surface area contributed by atoms with E-state index in [9.17, 15) is 9.59 Å². The quantitative estimate of drug-likeness (QED) is 0.716. The molecule has 136 valence electrons. The summed E-state index contributed by atoms with van der Waals surface area (Å²) in [7, 11) is 0. The van der Waals surface area contributed by atoms with Crippen LogP contribution in [0, 0.1) is 35.5 Å². The van der Waals surface area contributed by atoms with Crippen LogP contribution < -0.4 is 0 Å². The topological polar surface area (TPSA) is 52.6 Å². The van der Waals surface area contributed by atoms with Crippen molar-refractivity contribution >= 4 is 11.9 Å². The van der Waals surface area contributed by atoms with Gasteiger partial charge in [0, 0.05) is 0 Å². The fraction of sp³-hybridized carbons (Fsp3) is 0.900. The molecule has 4 heteroatoms. The molecule has 0 aromatic heterocycles. The van der Waals surface area contributed by atoms with E-state index in [0.29, 0.717) is 17.8 Å². The van der Waals surface area contributed by atoms with Crippen LogP contribution in [0.3, 0.4) is 0 Å². The minimum atomic E-state index is -0.479. The molecule has 0 aromatic rings. The standard InChI is InChI=1S/C20H32O4/c1-19(2,3)23-17(21)15-12-7-11-8-13(10-12)16(14(15)9-11)18(22)24-20(4,5)6/h11-16H,7-10H2,1-6H3. The van der Waals surface area contributed by atoms with E-state index in [1.807, 2.05) is 41.5 Å². The van der Waals surface area contributed by atoms with Gasteiger partial charge in [0.25, 0.3) is 0 Å². The molecule has 0 spiro atoms. The molecule has 0 amide bonds. The Hall–Kier alpha value is -1.06. The van der Waals surface area contributed by atoms with Gasteiger partial charge in [0.15, 0.2) is 0 Å². The Morgan fingerprint density at radius 1 is 0.708 bits per heavy atom. The maximum absolute atomic E-state index is 12.8. The molecule has 4 aliphatic carbocycles. The van der Waals surface area contributed by atoms with Gasteiger partial charge in [-0.2, -0.15) is 0 Å². The van der Waals surface area contributed by atoms with Gasteiger partial charge < -0.3 is 9.47 Å². The highest BCUT2D eigenvalue weighted by Gasteiger charge is 2.59. The lowest BCUT2D eigenvalue weighted by atomic mass is 9.48. The van der Waals surface area contributed by atoms with E-state index in [-0.39, 0.29) is 29.7 Å². The normalized spacial score (nSPS) is 38.1. The van der Waals surface area contributed by atoms with E-state index in [0.717, 1.165) is 25.7 Å². The monoisotopic (exact) mass is 336 g/mol. The van der Waals surface area contributed by atoms with Crippen molar-refractivity contribution in [2.45, 2.75) is 78.4 Å². The zero-order valence-corrected chi connectivity index (χ0v) is 15.9. The van der Waals surface area contributed by atoms with Gasteiger partial charge in [0.2, 0.25) is 0 Å². The molecular weight excluding hydrogens is 304 g/mol. The largest absolute Gasteiger partial charge is 0.460 e. The van der Waals surface area contributed by atoms with Gasteiger partial charge in [0.1, 0.15) is 11.2 Å². The third-order valence-corrected chi connectivity index (χ3v) is 5.78. The summed E-state index contributed by atoms with van der Waals surface area (Å²) in [5.74, 6) is 1.09. The summed E-state index contributed by atoms with van der Waals surface area (Å²) in [4.78, 5) is 25.7. The molecule has 4 bridgehead atoms. The molecule has 4 unspecified atom stereocenters. The van der Waals surface area contributed by atoms with Crippen LogP contribution in [0.2, 0.25) is 0 Å². The molecule has 4 aliphatic rings. The highest BCUT2D eigenvalue weighted by atomic mass is 16.6. The average molecular weight is 336 g/mol. The first-order valence-corrected chi connectivity index (χ1v) is 9.40. The highest BCUT2D eigenvalue weighted by molar-refractivity contribution is 5.79. The number of carbonyl (C=O) groups is 2. The van der Waals surface area contributed by atoms with Crippen molar-refractivity contribution in [2.24, 2.45) is 35.5 Å². The minimum Gasteiger partial charge on any atom is -0.460 e.